The Labute approximate surface area is 164 Å². The zero-order chi connectivity index (χ0) is 17.1. The fourth-order valence-electron chi connectivity index (χ4n) is 3.34. The summed E-state index contributed by atoms with van der Waals surface area (Å²) in [7, 11) is 0. The van der Waals surface area contributed by atoms with Gasteiger partial charge in [-0.05, 0) is 0 Å². The fourth-order valence-corrected chi connectivity index (χ4v) is 45.8. The summed E-state index contributed by atoms with van der Waals surface area (Å²) in [5.74, 6) is 0. The molecule has 2 aromatic rings. The van der Waals surface area contributed by atoms with Gasteiger partial charge >= 0.3 is 167 Å². The first-order chi connectivity index (χ1) is 10.6. The molecule has 0 radical (unpaired) electrons. The molecule has 0 heterocycles. The predicted octanol–water partition coefficient (Wildman–Crippen LogP) is 7.63. The Kier molecular flexibility index (Phi) is 6.97. The van der Waals surface area contributed by atoms with Gasteiger partial charge in [0, 0.05) is 0 Å². The van der Waals surface area contributed by atoms with Crippen molar-refractivity contribution in [3.63, 3.8) is 0 Å². The first-order valence-corrected chi connectivity index (χ1v) is 33.6. The van der Waals surface area contributed by atoms with Gasteiger partial charge < -0.3 is 0 Å². The third-order valence-electron chi connectivity index (χ3n) is 4.51. The molecule has 0 fully saturated rings. The molecule has 0 aliphatic heterocycles. The Balaban J connectivity index is 2.16. The topological polar surface area (TPSA) is 0 Å². The minimum absolute atomic E-state index is 0.276. The van der Waals surface area contributed by atoms with E-state index in [1.165, 1.54) is 19.5 Å². The molecule has 0 amide bonds. The van der Waals surface area contributed by atoms with Crippen LogP contribution in [0.1, 0.15) is 38.8 Å². The van der Waals surface area contributed by atoms with E-state index in [9.17, 15) is 0 Å². The molecule has 0 saturated carbocycles. The molecule has 0 unspecified atom stereocenters. The summed E-state index contributed by atoms with van der Waals surface area (Å²) < 4.78 is 2.75. The van der Waals surface area contributed by atoms with Gasteiger partial charge in [0.2, 0.25) is 0 Å². The van der Waals surface area contributed by atoms with Crippen LogP contribution in [0, 0.1) is 0 Å². The SMILES string of the molecule is CC(C)([CH2][Hf]([I])([I])[CH2]C(C)(C)c1ccccc1)c1ccccc1. The Hall–Kier alpha value is 0.770. The Morgan fingerprint density at radius 1 is 0.652 bits per heavy atom. The van der Waals surface area contributed by atoms with Crippen LogP contribution in [-0.2, 0) is 22.5 Å². The second-order valence-electron chi connectivity index (χ2n) is 7.71. The number of halogens is 2. The zero-order valence-corrected chi connectivity index (χ0v) is 22.4. The zero-order valence-electron chi connectivity index (χ0n) is 14.4. The molecule has 23 heavy (non-hydrogen) atoms. The third kappa shape index (κ3) is 5.91. The molecule has 0 aliphatic rings. The molecule has 0 atom stereocenters. The molecule has 0 saturated heterocycles. The van der Waals surface area contributed by atoms with E-state index in [4.69, 9.17) is 0 Å². The minimum atomic E-state index is -2.37. The molecular formula is C20H26HfI2. The first-order valence-electron chi connectivity index (χ1n) is 8.11. The van der Waals surface area contributed by atoms with Gasteiger partial charge in [0.05, 0.1) is 0 Å². The number of benzene rings is 2. The van der Waals surface area contributed by atoms with Crippen LogP contribution < -0.4 is 0 Å². The molecule has 0 N–H and O–H groups in total. The van der Waals surface area contributed by atoms with Crippen molar-refractivity contribution >= 4 is 36.3 Å². The number of rotatable bonds is 6. The first kappa shape index (κ1) is 20.1. The quantitative estimate of drug-likeness (QED) is 0.215. The van der Waals surface area contributed by atoms with Crippen LogP contribution in [0.3, 0.4) is 0 Å². The van der Waals surface area contributed by atoms with Gasteiger partial charge in [0.15, 0.2) is 0 Å². The molecule has 0 bridgehead atoms. The summed E-state index contributed by atoms with van der Waals surface area (Å²) in [6, 6.07) is 22.1. The van der Waals surface area contributed by atoms with Crippen molar-refractivity contribution in [2.45, 2.75) is 46.9 Å². The third-order valence-corrected chi connectivity index (χ3v) is 27.1. The molecular weight excluding hydrogens is 673 g/mol. The molecule has 0 nitrogen and oxygen atoms in total. The summed E-state index contributed by atoms with van der Waals surface area (Å²) in [5, 5.41) is 0. The van der Waals surface area contributed by atoms with Crippen LogP contribution in [0.5, 0.6) is 0 Å². The molecule has 124 valence electrons. The standard InChI is InChI=1S/2C10H13.Hf.2HI/c2*1-10(2,3)9-7-5-4-6-8-9;;;/h2*4-8H,1H2,2-3H3;;2*1H/q;;+2;;/p-2. The van der Waals surface area contributed by atoms with Crippen LogP contribution in [0.4, 0.5) is 0 Å². The molecule has 2 aromatic carbocycles. The van der Waals surface area contributed by atoms with E-state index >= 15 is 0 Å². The van der Waals surface area contributed by atoms with Crippen LogP contribution in [0.25, 0.3) is 0 Å². The molecule has 2 rings (SSSR count). The summed E-state index contributed by atoms with van der Waals surface area (Å²) in [4.78, 5) is 0. The van der Waals surface area contributed by atoms with Crippen LogP contribution in [0.2, 0.25) is 8.35 Å². The van der Waals surface area contributed by atoms with Gasteiger partial charge in [-0.2, -0.15) is 0 Å². The maximum atomic E-state index is 2.89. The van der Waals surface area contributed by atoms with Crippen LogP contribution in [0.15, 0.2) is 60.7 Å². The van der Waals surface area contributed by atoms with Gasteiger partial charge in [-0.25, -0.2) is 0 Å². The van der Waals surface area contributed by atoms with Gasteiger partial charge in [-0.1, -0.05) is 0 Å². The summed E-state index contributed by atoms with van der Waals surface area (Å²) in [6.45, 7) is 9.68. The normalized spacial score (nSPS) is 13.1. The van der Waals surface area contributed by atoms with Gasteiger partial charge in [-0.3, -0.25) is 0 Å². The van der Waals surface area contributed by atoms with Crippen molar-refractivity contribution in [2.75, 3.05) is 0 Å². The molecule has 0 aromatic heterocycles. The summed E-state index contributed by atoms with van der Waals surface area (Å²) in [6.07, 6.45) is 0. The van der Waals surface area contributed by atoms with Crippen molar-refractivity contribution in [3.05, 3.63) is 71.8 Å². The van der Waals surface area contributed by atoms with Crippen LogP contribution >= 0.6 is 36.3 Å². The average molecular weight is 699 g/mol. The van der Waals surface area contributed by atoms with E-state index in [1.54, 1.807) is 0 Å². The van der Waals surface area contributed by atoms with Crippen LogP contribution in [-0.4, -0.2) is 0 Å². The fraction of sp³-hybridized carbons (Fsp3) is 0.400. The van der Waals surface area contributed by atoms with Gasteiger partial charge in [-0.15, -0.1) is 0 Å². The van der Waals surface area contributed by atoms with E-state index in [0.717, 1.165) is 0 Å². The van der Waals surface area contributed by atoms with Crippen molar-refractivity contribution in [2.24, 2.45) is 0 Å². The summed E-state index contributed by atoms with van der Waals surface area (Å²) >= 11 is 3.41. The number of hydrogen-bond donors (Lipinski definition) is 0. The van der Waals surface area contributed by atoms with Crippen molar-refractivity contribution in [3.8, 4) is 0 Å². The van der Waals surface area contributed by atoms with E-state index in [0.29, 0.717) is 0 Å². The second-order valence-corrected chi connectivity index (χ2v) is 67.1. The van der Waals surface area contributed by atoms with Gasteiger partial charge in [0.25, 0.3) is 0 Å². The average Bonchev–Trinajstić information content (AvgIpc) is 2.47. The maximum absolute atomic E-state index is 2.89. The van der Waals surface area contributed by atoms with Crippen molar-refractivity contribution < 1.29 is 11.7 Å². The van der Waals surface area contributed by atoms with E-state index < -0.39 is 11.7 Å². The molecule has 0 aliphatic carbocycles. The predicted molar refractivity (Wildman–Crippen MR) is 117 cm³/mol. The molecule has 3 heteroatoms. The Morgan fingerprint density at radius 3 is 1.26 bits per heavy atom. The summed E-state index contributed by atoms with van der Waals surface area (Å²) in [5.41, 5.74) is 3.51. The monoisotopic (exact) mass is 700 g/mol. The van der Waals surface area contributed by atoms with Gasteiger partial charge in [0.1, 0.15) is 0 Å². The van der Waals surface area contributed by atoms with E-state index in [1.807, 2.05) is 0 Å². The van der Waals surface area contributed by atoms with Crippen molar-refractivity contribution in [1.82, 2.24) is 0 Å². The second kappa shape index (κ2) is 7.98. The number of hydrogen-bond acceptors (Lipinski definition) is 0. The van der Waals surface area contributed by atoms with E-state index in [2.05, 4.69) is 125 Å². The Bertz CT molecular complexity index is 563. The van der Waals surface area contributed by atoms with Crippen molar-refractivity contribution in [1.29, 1.82) is 0 Å². The molecule has 0 spiro atoms. The Morgan fingerprint density at radius 2 is 0.957 bits per heavy atom. The van der Waals surface area contributed by atoms with E-state index in [-0.39, 0.29) is 10.8 Å².